The van der Waals surface area contributed by atoms with Crippen molar-refractivity contribution in [2.24, 2.45) is 0 Å². The number of carboxylic acids is 1. The molecule has 1 aromatic carbocycles. The van der Waals surface area contributed by atoms with E-state index in [1.807, 2.05) is 0 Å². The number of aromatic carboxylic acids is 1. The molecule has 0 fully saturated rings. The first kappa shape index (κ1) is 14.9. The highest BCUT2D eigenvalue weighted by Crippen LogP contribution is 2.23. The van der Waals surface area contributed by atoms with Crippen LogP contribution in [0.2, 0.25) is 5.02 Å². The Hall–Kier alpha value is -2.54. The summed E-state index contributed by atoms with van der Waals surface area (Å²) in [4.78, 5) is 22.6. The maximum atomic E-state index is 11.9. The SMILES string of the molecule is COc1ccc(Cl)cc1CC(=O)Nc1cc(C(=O)O)[nH]n1. The van der Waals surface area contributed by atoms with E-state index >= 15 is 0 Å². The number of hydrogen-bond donors (Lipinski definition) is 3. The lowest BCUT2D eigenvalue weighted by Crippen LogP contribution is -2.15. The van der Waals surface area contributed by atoms with Gasteiger partial charge in [-0.1, -0.05) is 11.6 Å². The highest BCUT2D eigenvalue weighted by molar-refractivity contribution is 6.30. The highest BCUT2D eigenvalue weighted by Gasteiger charge is 2.13. The highest BCUT2D eigenvalue weighted by atomic mass is 35.5. The molecule has 0 aliphatic carbocycles. The topological polar surface area (TPSA) is 104 Å². The van der Waals surface area contributed by atoms with Crippen LogP contribution in [0.4, 0.5) is 5.82 Å². The first-order valence-corrected chi connectivity index (χ1v) is 6.28. The molecule has 7 nitrogen and oxygen atoms in total. The zero-order chi connectivity index (χ0) is 15.4. The predicted octanol–water partition coefficient (Wildman–Crippen LogP) is 1.95. The second-order valence-electron chi connectivity index (χ2n) is 4.15. The van der Waals surface area contributed by atoms with Gasteiger partial charge in [-0.3, -0.25) is 9.89 Å². The van der Waals surface area contributed by atoms with Gasteiger partial charge in [0.2, 0.25) is 5.91 Å². The van der Waals surface area contributed by atoms with Crippen LogP contribution in [0.15, 0.2) is 24.3 Å². The lowest BCUT2D eigenvalue weighted by atomic mass is 10.1. The maximum Gasteiger partial charge on any atom is 0.353 e. The average Bonchev–Trinajstić information content (AvgIpc) is 2.87. The number of benzene rings is 1. The van der Waals surface area contributed by atoms with Crippen LogP contribution in [0.3, 0.4) is 0 Å². The fraction of sp³-hybridized carbons (Fsp3) is 0.154. The summed E-state index contributed by atoms with van der Waals surface area (Å²) in [5, 5.41) is 17.7. The summed E-state index contributed by atoms with van der Waals surface area (Å²) in [6.45, 7) is 0. The molecule has 1 heterocycles. The third-order valence-electron chi connectivity index (χ3n) is 2.67. The van der Waals surface area contributed by atoms with Crippen molar-refractivity contribution in [2.75, 3.05) is 12.4 Å². The summed E-state index contributed by atoms with van der Waals surface area (Å²) in [7, 11) is 1.50. The first-order chi connectivity index (χ1) is 9.99. The number of rotatable bonds is 5. The Morgan fingerprint density at radius 1 is 1.43 bits per heavy atom. The summed E-state index contributed by atoms with van der Waals surface area (Å²) < 4.78 is 5.15. The molecule has 1 aromatic heterocycles. The third-order valence-corrected chi connectivity index (χ3v) is 2.90. The van der Waals surface area contributed by atoms with Crippen LogP contribution < -0.4 is 10.1 Å². The number of anilines is 1. The van der Waals surface area contributed by atoms with Gasteiger partial charge >= 0.3 is 5.97 Å². The predicted molar refractivity (Wildman–Crippen MR) is 75.9 cm³/mol. The number of methoxy groups -OCH3 is 1. The van der Waals surface area contributed by atoms with Crippen molar-refractivity contribution in [3.8, 4) is 5.75 Å². The van der Waals surface area contributed by atoms with E-state index in [1.165, 1.54) is 13.2 Å². The number of carboxylic acid groups (broad SMARTS) is 1. The van der Waals surface area contributed by atoms with Gasteiger partial charge in [0.25, 0.3) is 0 Å². The number of H-pyrrole nitrogens is 1. The fourth-order valence-corrected chi connectivity index (χ4v) is 1.94. The van der Waals surface area contributed by atoms with Crippen LogP contribution in [-0.2, 0) is 11.2 Å². The Labute approximate surface area is 124 Å². The van der Waals surface area contributed by atoms with Gasteiger partial charge < -0.3 is 15.2 Å². The number of aromatic amines is 1. The van der Waals surface area contributed by atoms with Crippen molar-refractivity contribution >= 4 is 29.3 Å². The molecule has 0 spiro atoms. The molecule has 3 N–H and O–H groups in total. The first-order valence-electron chi connectivity index (χ1n) is 5.90. The van der Waals surface area contributed by atoms with Crippen LogP contribution in [0, 0.1) is 0 Å². The smallest absolute Gasteiger partial charge is 0.353 e. The number of aromatic nitrogens is 2. The van der Waals surface area contributed by atoms with Crippen molar-refractivity contribution in [1.82, 2.24) is 10.2 Å². The average molecular weight is 310 g/mol. The van der Waals surface area contributed by atoms with E-state index in [2.05, 4.69) is 15.5 Å². The Balaban J connectivity index is 2.07. The van der Waals surface area contributed by atoms with Gasteiger partial charge in [0.15, 0.2) is 5.82 Å². The second kappa shape index (κ2) is 6.27. The summed E-state index contributed by atoms with van der Waals surface area (Å²) in [6.07, 6.45) is 0.0268. The minimum absolute atomic E-state index is 0.0268. The van der Waals surface area contributed by atoms with Gasteiger partial charge in [-0.25, -0.2) is 4.79 Å². The number of hydrogen-bond acceptors (Lipinski definition) is 4. The monoisotopic (exact) mass is 309 g/mol. The van der Waals surface area contributed by atoms with Gasteiger partial charge in [0.1, 0.15) is 11.4 Å². The summed E-state index contributed by atoms with van der Waals surface area (Å²) in [5.74, 6) is -0.834. The molecule has 0 saturated carbocycles. The standard InChI is InChI=1S/C13H12ClN3O4/c1-21-10-3-2-8(14)4-7(10)5-12(18)15-11-6-9(13(19)20)16-17-11/h2-4,6H,5H2,1H3,(H,19,20)(H2,15,16,17,18). The van der Waals surface area contributed by atoms with Crippen molar-refractivity contribution in [1.29, 1.82) is 0 Å². The summed E-state index contributed by atoms with van der Waals surface area (Å²) >= 11 is 5.89. The second-order valence-corrected chi connectivity index (χ2v) is 4.59. The van der Waals surface area contributed by atoms with Crippen molar-refractivity contribution in [2.45, 2.75) is 6.42 Å². The minimum atomic E-state index is -1.15. The minimum Gasteiger partial charge on any atom is -0.496 e. The molecule has 2 rings (SSSR count). The van der Waals surface area contributed by atoms with E-state index in [9.17, 15) is 9.59 Å². The molecule has 2 aromatic rings. The molecule has 21 heavy (non-hydrogen) atoms. The largest absolute Gasteiger partial charge is 0.496 e. The van der Waals surface area contributed by atoms with E-state index in [0.717, 1.165) is 0 Å². The molecule has 1 amide bonds. The number of carbonyl (C=O) groups excluding carboxylic acids is 1. The number of nitrogens with zero attached hydrogens (tertiary/aromatic N) is 1. The zero-order valence-electron chi connectivity index (χ0n) is 11.0. The molecule has 0 bridgehead atoms. The third kappa shape index (κ3) is 3.73. The Morgan fingerprint density at radius 2 is 2.19 bits per heavy atom. The summed E-state index contributed by atoms with van der Waals surface area (Å²) in [5.41, 5.74) is 0.516. The van der Waals surface area contributed by atoms with E-state index < -0.39 is 5.97 Å². The van der Waals surface area contributed by atoms with Crippen LogP contribution >= 0.6 is 11.6 Å². The van der Waals surface area contributed by atoms with Crippen LogP contribution in [0.5, 0.6) is 5.75 Å². The maximum absolute atomic E-state index is 11.9. The van der Waals surface area contributed by atoms with E-state index in [0.29, 0.717) is 16.3 Å². The normalized spacial score (nSPS) is 10.2. The Bertz CT molecular complexity index is 684. The molecular formula is C13H12ClN3O4. The van der Waals surface area contributed by atoms with Crippen LogP contribution in [0.1, 0.15) is 16.1 Å². The molecule has 0 aliphatic rings. The quantitative estimate of drug-likeness (QED) is 0.783. The zero-order valence-corrected chi connectivity index (χ0v) is 11.8. The van der Waals surface area contributed by atoms with Gasteiger partial charge in [0, 0.05) is 16.7 Å². The molecule has 0 unspecified atom stereocenters. The van der Waals surface area contributed by atoms with E-state index in [1.54, 1.807) is 18.2 Å². The van der Waals surface area contributed by atoms with Gasteiger partial charge in [0.05, 0.1) is 13.5 Å². The molecule has 0 saturated heterocycles. The molecule has 8 heteroatoms. The Kier molecular flexibility index (Phi) is 4.44. The number of ether oxygens (including phenoxy) is 1. The fourth-order valence-electron chi connectivity index (χ4n) is 1.74. The van der Waals surface area contributed by atoms with E-state index in [4.69, 9.17) is 21.4 Å². The van der Waals surface area contributed by atoms with Gasteiger partial charge in [-0.2, -0.15) is 5.10 Å². The number of amides is 1. The Morgan fingerprint density at radius 3 is 2.81 bits per heavy atom. The lowest BCUT2D eigenvalue weighted by Gasteiger charge is -2.08. The number of nitrogens with one attached hydrogen (secondary N) is 2. The van der Waals surface area contributed by atoms with Crippen LogP contribution in [0.25, 0.3) is 0 Å². The lowest BCUT2D eigenvalue weighted by molar-refractivity contribution is -0.115. The van der Waals surface area contributed by atoms with Crippen molar-refractivity contribution in [3.63, 3.8) is 0 Å². The molecule has 0 aliphatic heterocycles. The van der Waals surface area contributed by atoms with Gasteiger partial charge in [-0.05, 0) is 18.2 Å². The van der Waals surface area contributed by atoms with Gasteiger partial charge in [-0.15, -0.1) is 0 Å². The number of halogens is 1. The van der Waals surface area contributed by atoms with E-state index in [-0.39, 0.29) is 23.8 Å². The molecule has 0 atom stereocenters. The summed E-state index contributed by atoms with van der Waals surface area (Å²) in [6, 6.07) is 6.19. The number of carbonyl (C=O) groups is 2. The molecule has 110 valence electrons. The molecular weight excluding hydrogens is 298 g/mol. The van der Waals surface area contributed by atoms with Crippen LogP contribution in [-0.4, -0.2) is 34.3 Å². The molecule has 0 radical (unpaired) electrons. The van der Waals surface area contributed by atoms with Crippen molar-refractivity contribution in [3.05, 3.63) is 40.5 Å². The van der Waals surface area contributed by atoms with Crippen molar-refractivity contribution < 1.29 is 19.4 Å².